The molecule has 1 aromatic rings. The minimum atomic E-state index is -3.13. The quantitative estimate of drug-likeness (QED) is 0.751. The molecule has 2 N–H and O–H groups in total. The summed E-state index contributed by atoms with van der Waals surface area (Å²) in [5.74, 6) is -1.11. The molecule has 0 radical (unpaired) electrons. The van der Waals surface area contributed by atoms with Crippen molar-refractivity contribution in [2.24, 2.45) is 5.92 Å². The van der Waals surface area contributed by atoms with E-state index in [0.29, 0.717) is 5.75 Å². The Balaban J connectivity index is 1.42. The van der Waals surface area contributed by atoms with Gasteiger partial charge < -0.3 is 4.74 Å². The van der Waals surface area contributed by atoms with E-state index in [4.69, 9.17) is 4.74 Å². The highest BCUT2D eigenvalue weighted by Gasteiger charge is 2.33. The first-order valence-electron chi connectivity index (χ1n) is 7.97. The van der Waals surface area contributed by atoms with Crippen LogP contribution < -0.4 is 15.6 Å². The predicted molar refractivity (Wildman–Crippen MR) is 87.0 cm³/mol. The van der Waals surface area contributed by atoms with Crippen molar-refractivity contribution in [2.45, 2.75) is 25.7 Å². The smallest absolute Gasteiger partial charge is 0.276 e. The van der Waals surface area contributed by atoms with E-state index >= 15 is 0 Å². The third-order valence-corrected chi connectivity index (χ3v) is 6.14. The molecule has 0 spiro atoms. The third kappa shape index (κ3) is 4.05. The molecule has 0 unspecified atom stereocenters. The molecule has 24 heavy (non-hydrogen) atoms. The summed E-state index contributed by atoms with van der Waals surface area (Å²) >= 11 is 0. The number of ether oxygens (including phenoxy) is 1. The van der Waals surface area contributed by atoms with E-state index in [-0.39, 0.29) is 24.5 Å². The van der Waals surface area contributed by atoms with Crippen LogP contribution in [0.2, 0.25) is 0 Å². The minimum absolute atomic E-state index is 0.0144. The predicted octanol–water partition coefficient (Wildman–Crippen LogP) is 0.136. The maximum Gasteiger partial charge on any atom is 0.276 e. The SMILES string of the molecule is O=C(COc1ccc2c(c1)CCC2)NNC(=O)[C@H]1CCS(=O)(=O)C1. The van der Waals surface area contributed by atoms with Gasteiger partial charge in [-0.1, -0.05) is 6.07 Å². The third-order valence-electron chi connectivity index (χ3n) is 4.37. The maximum absolute atomic E-state index is 11.8. The lowest BCUT2D eigenvalue weighted by Crippen LogP contribution is -2.46. The van der Waals surface area contributed by atoms with Crippen molar-refractivity contribution in [2.75, 3.05) is 18.1 Å². The van der Waals surface area contributed by atoms with Gasteiger partial charge in [0.25, 0.3) is 5.91 Å². The largest absolute Gasteiger partial charge is 0.484 e. The number of sulfone groups is 1. The zero-order chi connectivity index (χ0) is 17.2. The Morgan fingerprint density at radius 2 is 1.96 bits per heavy atom. The molecule has 1 aliphatic heterocycles. The second-order valence-corrected chi connectivity index (χ2v) is 8.44. The average Bonchev–Trinajstić information content (AvgIpc) is 3.15. The van der Waals surface area contributed by atoms with Gasteiger partial charge in [0.1, 0.15) is 5.75 Å². The van der Waals surface area contributed by atoms with Gasteiger partial charge in [-0.15, -0.1) is 0 Å². The first-order chi connectivity index (χ1) is 11.4. The lowest BCUT2D eigenvalue weighted by atomic mass is 10.1. The maximum atomic E-state index is 11.8. The molecule has 2 amide bonds. The van der Waals surface area contributed by atoms with Crippen LogP contribution in [-0.2, 0) is 32.3 Å². The van der Waals surface area contributed by atoms with E-state index in [2.05, 4.69) is 10.9 Å². The molecule has 0 aromatic heterocycles. The van der Waals surface area contributed by atoms with Gasteiger partial charge in [-0.25, -0.2) is 8.42 Å². The number of rotatable bonds is 4. The van der Waals surface area contributed by atoms with E-state index in [9.17, 15) is 18.0 Å². The number of nitrogens with one attached hydrogen (secondary N) is 2. The Bertz CT molecular complexity index is 760. The van der Waals surface area contributed by atoms with Gasteiger partial charge in [-0.2, -0.15) is 0 Å². The molecule has 0 bridgehead atoms. The topological polar surface area (TPSA) is 102 Å². The van der Waals surface area contributed by atoms with Gasteiger partial charge >= 0.3 is 0 Å². The van der Waals surface area contributed by atoms with Gasteiger partial charge in [0.05, 0.1) is 17.4 Å². The first kappa shape index (κ1) is 16.8. The lowest BCUT2D eigenvalue weighted by Gasteiger charge is -2.11. The summed E-state index contributed by atoms with van der Waals surface area (Å²) in [4.78, 5) is 23.5. The van der Waals surface area contributed by atoms with E-state index < -0.39 is 27.6 Å². The Hall–Kier alpha value is -2.09. The number of benzene rings is 1. The summed E-state index contributed by atoms with van der Waals surface area (Å²) in [5.41, 5.74) is 7.09. The van der Waals surface area contributed by atoms with Crippen LogP contribution in [0, 0.1) is 5.92 Å². The fourth-order valence-corrected chi connectivity index (χ4v) is 4.80. The van der Waals surface area contributed by atoms with Crippen LogP contribution in [0.4, 0.5) is 0 Å². The number of carbonyl (C=O) groups excluding carboxylic acids is 2. The molecule has 1 saturated heterocycles. The van der Waals surface area contributed by atoms with Gasteiger partial charge in [-0.3, -0.25) is 20.4 Å². The summed E-state index contributed by atoms with van der Waals surface area (Å²) in [5, 5.41) is 0. The van der Waals surface area contributed by atoms with Crippen LogP contribution in [0.5, 0.6) is 5.75 Å². The van der Waals surface area contributed by atoms with Crippen molar-refractivity contribution < 1.29 is 22.7 Å². The van der Waals surface area contributed by atoms with Crippen molar-refractivity contribution in [3.63, 3.8) is 0 Å². The number of carbonyl (C=O) groups is 2. The summed E-state index contributed by atoms with van der Waals surface area (Å²) in [7, 11) is -3.13. The van der Waals surface area contributed by atoms with E-state index in [1.807, 2.05) is 18.2 Å². The second kappa shape index (κ2) is 6.80. The van der Waals surface area contributed by atoms with Crippen LogP contribution in [0.25, 0.3) is 0 Å². The van der Waals surface area contributed by atoms with E-state index in [0.717, 1.165) is 19.3 Å². The highest BCUT2D eigenvalue weighted by atomic mass is 32.2. The minimum Gasteiger partial charge on any atom is -0.484 e. The fraction of sp³-hybridized carbons (Fsp3) is 0.500. The molecule has 130 valence electrons. The van der Waals surface area contributed by atoms with Crippen LogP contribution >= 0.6 is 0 Å². The normalized spacial score (nSPS) is 21.1. The molecule has 8 heteroatoms. The number of amides is 2. The highest BCUT2D eigenvalue weighted by molar-refractivity contribution is 7.91. The summed E-state index contributed by atoms with van der Waals surface area (Å²) < 4.78 is 28.1. The fourth-order valence-electron chi connectivity index (χ4n) is 3.06. The van der Waals surface area contributed by atoms with Gasteiger partial charge in [0.2, 0.25) is 5.91 Å². The molecule has 3 rings (SSSR count). The first-order valence-corrected chi connectivity index (χ1v) is 9.79. The zero-order valence-electron chi connectivity index (χ0n) is 13.2. The summed E-state index contributed by atoms with van der Waals surface area (Å²) in [6.45, 7) is -0.220. The monoisotopic (exact) mass is 352 g/mol. The zero-order valence-corrected chi connectivity index (χ0v) is 14.0. The Morgan fingerprint density at radius 3 is 2.71 bits per heavy atom. The molecule has 0 saturated carbocycles. The summed E-state index contributed by atoms with van der Waals surface area (Å²) in [6, 6.07) is 5.79. The van der Waals surface area contributed by atoms with Crippen LogP contribution in [0.15, 0.2) is 18.2 Å². The molecule has 2 aliphatic rings. The molecule has 1 aliphatic carbocycles. The average molecular weight is 352 g/mol. The molecule has 1 heterocycles. The molecule has 1 aromatic carbocycles. The standard InChI is InChI=1S/C16H20N2O5S/c19-15(17-18-16(20)13-6-7-24(21,22)10-13)9-23-14-5-4-11-2-1-3-12(11)8-14/h4-5,8,13H,1-3,6-7,9-10H2,(H,17,19)(H,18,20)/t13-/m0/s1. The Kier molecular flexibility index (Phi) is 4.75. The molecular weight excluding hydrogens is 332 g/mol. The molecular formula is C16H20N2O5S. The number of hydrazine groups is 1. The second-order valence-electron chi connectivity index (χ2n) is 6.21. The van der Waals surface area contributed by atoms with Crippen molar-refractivity contribution >= 4 is 21.7 Å². The van der Waals surface area contributed by atoms with Crippen LogP contribution in [-0.4, -0.2) is 38.3 Å². The molecule has 1 fully saturated rings. The van der Waals surface area contributed by atoms with Crippen LogP contribution in [0.1, 0.15) is 24.0 Å². The number of hydrogen-bond donors (Lipinski definition) is 2. The highest BCUT2D eigenvalue weighted by Crippen LogP contribution is 2.25. The summed E-state index contributed by atoms with van der Waals surface area (Å²) in [6.07, 6.45) is 3.54. The van der Waals surface area contributed by atoms with Gasteiger partial charge in [-0.05, 0) is 48.9 Å². The lowest BCUT2D eigenvalue weighted by molar-refractivity contribution is -0.131. The number of fused-ring (bicyclic) bond motifs is 1. The number of aryl methyl sites for hydroxylation is 2. The van der Waals surface area contributed by atoms with Crippen molar-refractivity contribution in [1.82, 2.24) is 10.9 Å². The van der Waals surface area contributed by atoms with Crippen LogP contribution in [0.3, 0.4) is 0 Å². The van der Waals surface area contributed by atoms with Crippen molar-refractivity contribution in [3.05, 3.63) is 29.3 Å². The molecule has 1 atom stereocenters. The number of hydrogen-bond acceptors (Lipinski definition) is 5. The van der Waals surface area contributed by atoms with Gasteiger partial charge in [0, 0.05) is 0 Å². The van der Waals surface area contributed by atoms with Crippen molar-refractivity contribution in [3.8, 4) is 5.75 Å². The van der Waals surface area contributed by atoms with Crippen molar-refractivity contribution in [1.29, 1.82) is 0 Å². The Morgan fingerprint density at radius 1 is 1.17 bits per heavy atom. The van der Waals surface area contributed by atoms with E-state index in [1.165, 1.54) is 11.1 Å². The Labute approximate surface area is 140 Å². The van der Waals surface area contributed by atoms with E-state index in [1.54, 1.807) is 0 Å². The van der Waals surface area contributed by atoms with Gasteiger partial charge in [0.15, 0.2) is 16.4 Å². The molecule has 7 nitrogen and oxygen atoms in total.